The summed E-state index contributed by atoms with van der Waals surface area (Å²) in [4.78, 5) is 2.42. The van der Waals surface area contributed by atoms with Gasteiger partial charge < -0.3 is 4.90 Å². The van der Waals surface area contributed by atoms with Crippen LogP contribution in [0.5, 0.6) is 0 Å². The lowest BCUT2D eigenvalue weighted by molar-refractivity contribution is -0.514. The molecule has 0 aromatic rings. The molecule has 2 nitrogen and oxygen atoms in total. The summed E-state index contributed by atoms with van der Waals surface area (Å²) < 4.78 is 2.14. The van der Waals surface area contributed by atoms with Gasteiger partial charge in [-0.2, -0.15) is 0 Å². The number of hydrogen-bond donors (Lipinski definition) is 0. The van der Waals surface area contributed by atoms with Crippen LogP contribution in [0.3, 0.4) is 0 Å². The van der Waals surface area contributed by atoms with Crippen LogP contribution >= 0.6 is 0 Å². The van der Waals surface area contributed by atoms with Crippen LogP contribution in [0.2, 0.25) is 0 Å². The topological polar surface area (TPSA) is 6.25 Å². The van der Waals surface area contributed by atoms with Crippen molar-refractivity contribution >= 4 is 6.72 Å². The lowest BCUT2D eigenvalue weighted by atomic mass is 10.1. The monoisotopic (exact) mass is 153 g/mol. The third-order valence-electron chi connectivity index (χ3n) is 3.39. The fourth-order valence-electron chi connectivity index (χ4n) is 2.95. The maximum absolute atomic E-state index is 3.97. The van der Waals surface area contributed by atoms with E-state index in [2.05, 4.69) is 37.2 Å². The number of nitrogens with zero attached hydrogens (tertiary/aromatic N) is 2. The fraction of sp³-hybridized carbons (Fsp3) is 0.889. The molecule has 2 fully saturated rings. The Kier molecular flexibility index (Phi) is 1.23. The highest BCUT2D eigenvalue weighted by Crippen LogP contribution is 2.58. The van der Waals surface area contributed by atoms with Gasteiger partial charge in [-0.05, 0) is 7.05 Å². The molecule has 62 valence electrons. The van der Waals surface area contributed by atoms with Crippen LogP contribution in [0, 0.1) is 11.3 Å². The Labute approximate surface area is 68.5 Å². The molecule has 11 heavy (non-hydrogen) atoms. The molecule has 0 aromatic heterocycles. The lowest BCUT2D eigenvalue weighted by Gasteiger charge is -2.13. The summed E-state index contributed by atoms with van der Waals surface area (Å²) in [5.74, 6) is 0.884. The number of piperidine rings is 1. The molecule has 0 aromatic carbocycles. The van der Waals surface area contributed by atoms with Gasteiger partial charge in [-0.25, -0.2) is 4.58 Å². The molecule has 0 amide bonds. The van der Waals surface area contributed by atoms with Gasteiger partial charge in [0.15, 0.2) is 6.04 Å². The molecule has 0 unspecified atom stereocenters. The van der Waals surface area contributed by atoms with E-state index in [1.54, 1.807) is 0 Å². The Balaban J connectivity index is 2.11. The molecule has 0 bridgehead atoms. The Morgan fingerprint density at radius 1 is 1.64 bits per heavy atom. The summed E-state index contributed by atoms with van der Waals surface area (Å²) in [6.07, 6.45) is 0. The molecule has 1 aliphatic carbocycles. The number of likely N-dealkylation sites (tertiary alicyclic amines) is 1. The van der Waals surface area contributed by atoms with Gasteiger partial charge in [0.1, 0.15) is 13.8 Å². The van der Waals surface area contributed by atoms with Crippen LogP contribution in [0.4, 0.5) is 0 Å². The van der Waals surface area contributed by atoms with E-state index >= 15 is 0 Å². The van der Waals surface area contributed by atoms with Crippen LogP contribution in [0.15, 0.2) is 0 Å². The fourth-order valence-corrected chi connectivity index (χ4v) is 2.95. The van der Waals surface area contributed by atoms with E-state index < -0.39 is 0 Å². The number of rotatable bonds is 1. The SMILES string of the molecule is C=[N+](C)[C@@H]1[C@H]2CN(C)C[C@]21C. The van der Waals surface area contributed by atoms with Crippen LogP contribution in [0.25, 0.3) is 0 Å². The molecule has 3 atom stereocenters. The molecule has 1 aliphatic heterocycles. The zero-order valence-corrected chi connectivity index (χ0v) is 7.67. The summed E-state index contributed by atoms with van der Waals surface area (Å²) in [7, 11) is 4.30. The molecule has 2 heteroatoms. The summed E-state index contributed by atoms with van der Waals surface area (Å²) in [6.45, 7) is 8.87. The second-order valence-corrected chi connectivity index (χ2v) is 4.51. The Morgan fingerprint density at radius 3 is 2.64 bits per heavy atom. The van der Waals surface area contributed by atoms with Gasteiger partial charge in [0.05, 0.1) is 5.41 Å². The Bertz CT molecular complexity index is 212. The van der Waals surface area contributed by atoms with Gasteiger partial charge >= 0.3 is 0 Å². The van der Waals surface area contributed by atoms with Gasteiger partial charge in [0, 0.05) is 19.0 Å². The van der Waals surface area contributed by atoms with E-state index in [1.165, 1.54) is 13.1 Å². The average molecular weight is 153 g/mol. The highest BCUT2D eigenvalue weighted by molar-refractivity contribution is 5.21. The molecule has 2 rings (SSSR count). The molecule has 1 saturated carbocycles. The average Bonchev–Trinajstić information content (AvgIpc) is 2.24. The van der Waals surface area contributed by atoms with Crippen molar-refractivity contribution in [2.24, 2.45) is 11.3 Å². The Morgan fingerprint density at radius 2 is 2.27 bits per heavy atom. The van der Waals surface area contributed by atoms with E-state index in [-0.39, 0.29) is 0 Å². The minimum atomic E-state index is 0.561. The first-order valence-corrected chi connectivity index (χ1v) is 4.27. The summed E-state index contributed by atoms with van der Waals surface area (Å²) in [6, 6.07) is 0.749. The maximum Gasteiger partial charge on any atom is 0.163 e. The van der Waals surface area contributed by atoms with Crippen molar-refractivity contribution in [1.82, 2.24) is 4.90 Å². The Hall–Kier alpha value is -0.370. The van der Waals surface area contributed by atoms with Crippen LogP contribution in [-0.4, -0.2) is 49.4 Å². The van der Waals surface area contributed by atoms with Gasteiger partial charge in [-0.3, -0.25) is 0 Å². The van der Waals surface area contributed by atoms with Crippen molar-refractivity contribution in [3.8, 4) is 0 Å². The van der Waals surface area contributed by atoms with Crippen molar-refractivity contribution in [1.29, 1.82) is 0 Å². The predicted molar refractivity (Wildman–Crippen MR) is 46.2 cm³/mol. The minimum absolute atomic E-state index is 0.561. The summed E-state index contributed by atoms with van der Waals surface area (Å²) in [5, 5.41) is 0. The third-order valence-corrected chi connectivity index (χ3v) is 3.39. The van der Waals surface area contributed by atoms with Crippen molar-refractivity contribution in [3.05, 3.63) is 0 Å². The van der Waals surface area contributed by atoms with E-state index in [0.29, 0.717) is 5.41 Å². The van der Waals surface area contributed by atoms with Gasteiger partial charge in [-0.1, -0.05) is 6.92 Å². The summed E-state index contributed by atoms with van der Waals surface area (Å²) in [5.41, 5.74) is 0.561. The number of hydrogen-bond acceptors (Lipinski definition) is 1. The normalized spacial score (nSPS) is 49.0. The van der Waals surface area contributed by atoms with Crippen molar-refractivity contribution in [2.75, 3.05) is 27.2 Å². The standard InChI is InChI=1S/C9H17N2/c1-9-6-11(4)5-7(9)8(9)10(2)3/h7-8H,2,5-6H2,1,3-4H3/q+1/t7-,8-,9-/m1/s1. The molecule has 0 radical (unpaired) electrons. The quantitative estimate of drug-likeness (QED) is 0.387. The highest BCUT2D eigenvalue weighted by atomic mass is 15.2. The van der Waals surface area contributed by atoms with Crippen molar-refractivity contribution < 1.29 is 4.58 Å². The molecule has 1 heterocycles. The van der Waals surface area contributed by atoms with Crippen LogP contribution < -0.4 is 0 Å². The van der Waals surface area contributed by atoms with Crippen LogP contribution in [0.1, 0.15) is 6.92 Å². The van der Waals surface area contributed by atoms with E-state index in [4.69, 9.17) is 0 Å². The molecule has 0 N–H and O–H groups in total. The van der Waals surface area contributed by atoms with Crippen LogP contribution in [-0.2, 0) is 0 Å². The number of fused-ring (bicyclic) bond motifs is 1. The highest BCUT2D eigenvalue weighted by Gasteiger charge is 2.71. The smallest absolute Gasteiger partial charge is 0.163 e. The zero-order valence-electron chi connectivity index (χ0n) is 7.67. The predicted octanol–water partition coefficient (Wildman–Crippen LogP) is 0.279. The molecular formula is C9H17N2+. The van der Waals surface area contributed by atoms with Gasteiger partial charge in [0.25, 0.3) is 0 Å². The van der Waals surface area contributed by atoms with E-state index in [0.717, 1.165) is 12.0 Å². The first-order chi connectivity index (χ1) is 5.05. The van der Waals surface area contributed by atoms with E-state index in [1.807, 2.05) is 0 Å². The first kappa shape index (κ1) is 7.29. The lowest BCUT2D eigenvalue weighted by Crippen LogP contribution is -2.28. The van der Waals surface area contributed by atoms with Gasteiger partial charge in [-0.15, -0.1) is 0 Å². The molecule has 2 aliphatic rings. The third kappa shape index (κ3) is 0.791. The second kappa shape index (κ2) is 1.86. The zero-order chi connectivity index (χ0) is 8.22. The van der Waals surface area contributed by atoms with Crippen molar-refractivity contribution in [2.45, 2.75) is 13.0 Å². The van der Waals surface area contributed by atoms with Crippen molar-refractivity contribution in [3.63, 3.8) is 0 Å². The molecule has 0 spiro atoms. The van der Waals surface area contributed by atoms with Gasteiger partial charge in [0.2, 0.25) is 0 Å². The minimum Gasteiger partial charge on any atom is -0.305 e. The second-order valence-electron chi connectivity index (χ2n) is 4.51. The first-order valence-electron chi connectivity index (χ1n) is 4.27. The maximum atomic E-state index is 3.97. The van der Waals surface area contributed by atoms with E-state index in [9.17, 15) is 0 Å². The summed E-state index contributed by atoms with van der Waals surface area (Å²) >= 11 is 0. The molecular weight excluding hydrogens is 136 g/mol. The largest absolute Gasteiger partial charge is 0.305 e. The molecule has 1 saturated heterocycles.